The van der Waals surface area contributed by atoms with Gasteiger partial charge in [-0.05, 0) is 24.6 Å². The molecule has 0 atom stereocenters. The smallest absolute Gasteiger partial charge is 0.419 e. The topological polar surface area (TPSA) is 128 Å². The number of nitro groups is 1. The summed E-state index contributed by atoms with van der Waals surface area (Å²) in [5, 5.41) is 23.1. The molecule has 2 aromatic carbocycles. The minimum Gasteiger partial charge on any atom is -0.508 e. The molecule has 1 amide bonds. The zero-order chi connectivity index (χ0) is 19.4. The van der Waals surface area contributed by atoms with Crippen LogP contribution in [0.25, 0.3) is 11.1 Å². The number of non-ortho nitro benzene ring substituents is 1. The standard InChI is InChI=1S/C18H17N3O6/c22-15-8-7-13(21(25)26)10-12(15)11-19-17(23)6-3-9-20-14-4-1-2-5-16(14)27-18(20)24/h1-2,4-5,7-8,10,22H,3,6,9,11H2,(H,19,23). The number of aryl methyl sites for hydroxylation is 1. The van der Waals surface area contributed by atoms with Gasteiger partial charge in [-0.3, -0.25) is 19.5 Å². The van der Waals surface area contributed by atoms with Crippen molar-refractivity contribution in [1.29, 1.82) is 0 Å². The lowest BCUT2D eigenvalue weighted by molar-refractivity contribution is -0.384. The number of nitrogens with zero attached hydrogens (tertiary/aromatic N) is 2. The molecule has 0 aliphatic rings. The molecule has 0 saturated carbocycles. The highest BCUT2D eigenvalue weighted by Gasteiger charge is 2.12. The summed E-state index contributed by atoms with van der Waals surface area (Å²) in [5.41, 5.74) is 1.26. The summed E-state index contributed by atoms with van der Waals surface area (Å²) < 4.78 is 6.60. The first-order chi connectivity index (χ1) is 13.0. The maximum Gasteiger partial charge on any atom is 0.419 e. The number of phenols is 1. The van der Waals surface area contributed by atoms with Crippen molar-refractivity contribution in [3.63, 3.8) is 0 Å². The number of nitro benzene ring substituents is 1. The molecular weight excluding hydrogens is 354 g/mol. The molecule has 0 aliphatic carbocycles. The number of carbonyl (C=O) groups is 1. The molecule has 0 fully saturated rings. The average molecular weight is 371 g/mol. The van der Waals surface area contributed by atoms with Crippen LogP contribution >= 0.6 is 0 Å². The molecule has 1 heterocycles. The number of fused-ring (bicyclic) bond motifs is 1. The van der Waals surface area contributed by atoms with E-state index in [4.69, 9.17) is 4.42 Å². The van der Waals surface area contributed by atoms with E-state index in [1.54, 1.807) is 24.3 Å². The van der Waals surface area contributed by atoms with Gasteiger partial charge in [0.15, 0.2) is 5.58 Å². The first kappa shape index (κ1) is 18.2. The van der Waals surface area contributed by atoms with Gasteiger partial charge in [0, 0.05) is 37.2 Å². The first-order valence-electron chi connectivity index (χ1n) is 8.27. The number of hydrogen-bond acceptors (Lipinski definition) is 6. The molecule has 0 spiro atoms. The van der Waals surface area contributed by atoms with Crippen molar-refractivity contribution in [2.24, 2.45) is 0 Å². The fourth-order valence-corrected chi connectivity index (χ4v) is 2.73. The minimum atomic E-state index is -0.572. The van der Waals surface area contributed by atoms with E-state index in [1.807, 2.05) is 0 Å². The van der Waals surface area contributed by atoms with Crippen LogP contribution in [0.1, 0.15) is 18.4 Å². The number of nitrogens with one attached hydrogen (secondary N) is 1. The summed E-state index contributed by atoms with van der Waals surface area (Å²) in [6, 6.07) is 10.7. The Bertz CT molecular complexity index is 1050. The predicted octanol–water partition coefficient (Wildman–Crippen LogP) is 2.30. The summed E-state index contributed by atoms with van der Waals surface area (Å²) in [5.74, 6) is -0.891. The molecule has 3 aromatic rings. The molecule has 9 nitrogen and oxygen atoms in total. The maximum absolute atomic E-state index is 12.0. The second-order valence-corrected chi connectivity index (χ2v) is 5.94. The van der Waals surface area contributed by atoms with Gasteiger partial charge in [-0.15, -0.1) is 0 Å². The SMILES string of the molecule is O=C(CCCn1c(=O)oc2ccccc21)NCc1cc([N+](=O)[O-])ccc1O. The number of amides is 1. The van der Waals surface area contributed by atoms with Crippen LogP contribution in [0, 0.1) is 10.1 Å². The van der Waals surface area contributed by atoms with E-state index in [-0.39, 0.29) is 35.9 Å². The molecular formula is C18H17N3O6. The normalized spacial score (nSPS) is 10.8. The molecule has 2 N–H and O–H groups in total. The summed E-state index contributed by atoms with van der Waals surface area (Å²) in [7, 11) is 0. The molecule has 0 saturated heterocycles. The van der Waals surface area contributed by atoms with Crippen molar-refractivity contribution < 1.29 is 19.2 Å². The van der Waals surface area contributed by atoms with Crippen LogP contribution in [0.4, 0.5) is 5.69 Å². The monoisotopic (exact) mass is 371 g/mol. The quantitative estimate of drug-likeness (QED) is 0.484. The molecule has 1 aromatic heterocycles. The Kier molecular flexibility index (Phi) is 5.20. The van der Waals surface area contributed by atoms with Gasteiger partial charge in [0.25, 0.3) is 5.69 Å². The lowest BCUT2D eigenvalue weighted by Crippen LogP contribution is -2.23. The van der Waals surface area contributed by atoms with Crippen molar-refractivity contribution in [2.45, 2.75) is 25.9 Å². The van der Waals surface area contributed by atoms with Crippen LogP contribution in [0.2, 0.25) is 0 Å². The first-order valence-corrected chi connectivity index (χ1v) is 8.27. The van der Waals surface area contributed by atoms with Gasteiger partial charge >= 0.3 is 5.76 Å². The third-order valence-electron chi connectivity index (χ3n) is 4.11. The van der Waals surface area contributed by atoms with Crippen LogP contribution in [-0.2, 0) is 17.9 Å². The Morgan fingerprint density at radius 3 is 2.81 bits per heavy atom. The molecule has 0 radical (unpaired) electrons. The van der Waals surface area contributed by atoms with E-state index in [0.717, 1.165) is 0 Å². The number of benzene rings is 2. The van der Waals surface area contributed by atoms with Crippen molar-refractivity contribution in [3.05, 3.63) is 68.7 Å². The maximum atomic E-state index is 12.0. The number of aromatic hydroxyl groups is 1. The van der Waals surface area contributed by atoms with Crippen molar-refractivity contribution in [3.8, 4) is 5.75 Å². The lowest BCUT2D eigenvalue weighted by atomic mass is 10.1. The van der Waals surface area contributed by atoms with Crippen LogP contribution in [0.5, 0.6) is 5.75 Å². The Balaban J connectivity index is 1.54. The third-order valence-corrected chi connectivity index (χ3v) is 4.11. The zero-order valence-electron chi connectivity index (χ0n) is 14.3. The van der Waals surface area contributed by atoms with Gasteiger partial charge < -0.3 is 14.8 Å². The number of para-hydroxylation sites is 2. The van der Waals surface area contributed by atoms with Gasteiger partial charge in [0.1, 0.15) is 5.75 Å². The van der Waals surface area contributed by atoms with Gasteiger partial charge in [0.05, 0.1) is 10.4 Å². The van der Waals surface area contributed by atoms with Crippen LogP contribution < -0.4 is 11.1 Å². The number of aromatic nitrogens is 1. The summed E-state index contributed by atoms with van der Waals surface area (Å²) in [4.78, 5) is 34.1. The van der Waals surface area contributed by atoms with E-state index in [2.05, 4.69) is 5.32 Å². The Morgan fingerprint density at radius 2 is 2.04 bits per heavy atom. The molecule has 9 heteroatoms. The fourth-order valence-electron chi connectivity index (χ4n) is 2.73. The van der Waals surface area contributed by atoms with Crippen molar-refractivity contribution in [1.82, 2.24) is 9.88 Å². The van der Waals surface area contributed by atoms with E-state index < -0.39 is 10.7 Å². The summed E-state index contributed by atoms with van der Waals surface area (Å²) >= 11 is 0. The molecule has 140 valence electrons. The summed E-state index contributed by atoms with van der Waals surface area (Å²) in [6.45, 7) is 0.298. The second-order valence-electron chi connectivity index (χ2n) is 5.94. The highest BCUT2D eigenvalue weighted by molar-refractivity contribution is 5.76. The highest BCUT2D eigenvalue weighted by Crippen LogP contribution is 2.22. The molecule has 0 bridgehead atoms. The highest BCUT2D eigenvalue weighted by atomic mass is 16.6. The minimum absolute atomic E-state index is 0.0268. The fraction of sp³-hybridized carbons (Fsp3) is 0.222. The van der Waals surface area contributed by atoms with Crippen molar-refractivity contribution in [2.75, 3.05) is 0 Å². The van der Waals surface area contributed by atoms with E-state index in [1.165, 1.54) is 22.8 Å². The van der Waals surface area contributed by atoms with Gasteiger partial charge in [-0.25, -0.2) is 4.79 Å². The van der Waals surface area contributed by atoms with E-state index >= 15 is 0 Å². The van der Waals surface area contributed by atoms with Crippen LogP contribution in [0.15, 0.2) is 51.7 Å². The Morgan fingerprint density at radius 1 is 1.26 bits per heavy atom. The molecule has 27 heavy (non-hydrogen) atoms. The molecule has 3 rings (SSSR count). The Hall–Kier alpha value is -3.62. The average Bonchev–Trinajstić information content (AvgIpc) is 2.96. The van der Waals surface area contributed by atoms with E-state index in [9.17, 15) is 24.8 Å². The van der Waals surface area contributed by atoms with Gasteiger partial charge in [-0.2, -0.15) is 0 Å². The lowest BCUT2D eigenvalue weighted by Gasteiger charge is -2.07. The number of phenolic OH excluding ortho intramolecular Hbond substituents is 1. The van der Waals surface area contributed by atoms with Crippen LogP contribution in [0.3, 0.4) is 0 Å². The Labute approximate surface area is 153 Å². The van der Waals surface area contributed by atoms with Gasteiger partial charge in [0.2, 0.25) is 5.91 Å². The number of oxazole rings is 1. The van der Waals surface area contributed by atoms with E-state index in [0.29, 0.717) is 24.1 Å². The van der Waals surface area contributed by atoms with Crippen molar-refractivity contribution >= 4 is 22.7 Å². The zero-order valence-corrected chi connectivity index (χ0v) is 14.3. The molecule has 0 aliphatic heterocycles. The number of hydrogen-bond donors (Lipinski definition) is 2. The third kappa shape index (κ3) is 4.14. The second kappa shape index (κ2) is 7.73. The molecule has 0 unspecified atom stereocenters. The number of carbonyl (C=O) groups excluding carboxylic acids is 1. The van der Waals surface area contributed by atoms with Crippen LogP contribution in [-0.4, -0.2) is 20.5 Å². The largest absolute Gasteiger partial charge is 0.508 e. The number of rotatable bonds is 7. The predicted molar refractivity (Wildman–Crippen MR) is 96.3 cm³/mol. The summed E-state index contributed by atoms with van der Waals surface area (Å²) in [6.07, 6.45) is 0.567. The van der Waals surface area contributed by atoms with Gasteiger partial charge in [-0.1, -0.05) is 12.1 Å².